The molecule has 6 heteroatoms. The maximum atomic E-state index is 14.4. The summed E-state index contributed by atoms with van der Waals surface area (Å²) in [5.41, 5.74) is 6.59. The molecule has 1 aliphatic carbocycles. The number of hydrogen-bond acceptors (Lipinski definition) is 5. The molecule has 0 radical (unpaired) electrons. The number of halogens is 1. The van der Waals surface area contributed by atoms with E-state index in [-0.39, 0.29) is 23.4 Å². The third kappa shape index (κ3) is 29.5. The molecule has 0 bridgehead atoms. The lowest BCUT2D eigenvalue weighted by Gasteiger charge is -2.36. The fourth-order valence-corrected chi connectivity index (χ4v) is 7.84. The number of hydrogen-bond donors (Lipinski definition) is 1. The summed E-state index contributed by atoms with van der Waals surface area (Å²) >= 11 is 0. The third-order valence-corrected chi connectivity index (χ3v) is 13.3. The van der Waals surface area contributed by atoms with Crippen molar-refractivity contribution in [3.05, 3.63) is 101 Å². The molecule has 0 heterocycles. The van der Waals surface area contributed by atoms with Crippen molar-refractivity contribution in [3.8, 4) is 0 Å². The summed E-state index contributed by atoms with van der Waals surface area (Å²) in [6.45, 7) is 56.0. The molecule has 0 aromatic heterocycles. The fraction of sp³-hybridized carbons (Fsp3) is 0.677. The second-order valence-corrected chi connectivity index (χ2v) is 22.6. The summed E-state index contributed by atoms with van der Waals surface area (Å²) in [6.07, 6.45) is 23.0. The molecular weight excluding hydrogens is 876 g/mol. The van der Waals surface area contributed by atoms with E-state index in [4.69, 9.17) is 9.73 Å². The molecule has 0 saturated heterocycles. The van der Waals surface area contributed by atoms with E-state index >= 15 is 0 Å². The normalized spacial score (nSPS) is 16.5. The molecule has 2 atom stereocenters. The van der Waals surface area contributed by atoms with E-state index in [1.165, 1.54) is 44.6 Å². The van der Waals surface area contributed by atoms with Gasteiger partial charge in [-0.1, -0.05) is 187 Å². The maximum Gasteiger partial charge on any atom is 0.309 e. The number of ether oxygens (including phenoxy) is 1. The Morgan fingerprint density at radius 3 is 1.76 bits per heavy atom. The number of ketones is 1. The predicted molar refractivity (Wildman–Crippen MR) is 315 cm³/mol. The highest BCUT2D eigenvalue weighted by atomic mass is 19.1. The van der Waals surface area contributed by atoms with E-state index in [0.29, 0.717) is 16.9 Å². The highest BCUT2D eigenvalue weighted by molar-refractivity contribution is 5.92. The lowest BCUT2D eigenvalue weighted by molar-refractivity contribution is -0.159. The van der Waals surface area contributed by atoms with Crippen LogP contribution < -0.4 is 5.32 Å². The lowest BCUT2D eigenvalue weighted by Crippen LogP contribution is -2.40. The Kier molecular flexibility index (Phi) is 38.1. The van der Waals surface area contributed by atoms with Gasteiger partial charge < -0.3 is 10.1 Å². The lowest BCUT2D eigenvalue weighted by atomic mass is 9.65. The summed E-state index contributed by atoms with van der Waals surface area (Å²) < 4.78 is 19.5. The van der Waals surface area contributed by atoms with Crippen molar-refractivity contribution < 1.29 is 18.7 Å². The quantitative estimate of drug-likeness (QED) is 0.0674. The van der Waals surface area contributed by atoms with E-state index in [1.54, 1.807) is 12.2 Å². The fourth-order valence-electron chi connectivity index (χ4n) is 7.84. The van der Waals surface area contributed by atoms with Gasteiger partial charge >= 0.3 is 5.97 Å². The second-order valence-electron chi connectivity index (χ2n) is 22.6. The zero-order valence-electron chi connectivity index (χ0n) is 50.7. The van der Waals surface area contributed by atoms with Gasteiger partial charge in [0.05, 0.1) is 22.7 Å². The Morgan fingerprint density at radius 1 is 0.873 bits per heavy atom. The molecule has 1 fully saturated rings. The van der Waals surface area contributed by atoms with Crippen molar-refractivity contribution in [2.24, 2.45) is 40.0 Å². The standard InChI is InChI=1S/C37H53FN2O.C9H18O2.C8H16.C7H16.C4H10/c1-12-18-34(33(38)17-6)40-30(11)29(10)35(39-23-15-4)25-27(8)31-19-20-32(28(9)24-31)37(21-13-2,22-14-3)36(41)26(7)16-5;1-6-7(2)8(10)11-9(3,4)5;1-3-4-8-5-7(2)6-8;1-5-7(3,4)6-2;1-4(2)3/h12,17-20,23-26,40H,6,8,13-16,21-22H2,1-5,7,9-11H3;7H,6H2,1-5H3;7-8H,3-6H2,1-2H3;5-6H2,1-4H3;4H,1-3H3/b18-12-,30-29+,34-33-,35-25+,39-23?;;;;. The summed E-state index contributed by atoms with van der Waals surface area (Å²) in [7, 11) is 0. The van der Waals surface area contributed by atoms with Gasteiger partial charge in [-0.3, -0.25) is 14.6 Å². The van der Waals surface area contributed by atoms with E-state index in [0.717, 1.165) is 102 Å². The minimum absolute atomic E-state index is 0.0224. The predicted octanol–water partition coefficient (Wildman–Crippen LogP) is 20.4. The van der Waals surface area contributed by atoms with Gasteiger partial charge in [-0.15, -0.1) is 0 Å². The van der Waals surface area contributed by atoms with Crippen LogP contribution in [0.2, 0.25) is 0 Å². The molecule has 2 unspecified atom stereocenters. The van der Waals surface area contributed by atoms with E-state index in [9.17, 15) is 14.0 Å². The number of nitrogens with one attached hydrogen (secondary N) is 1. The van der Waals surface area contributed by atoms with Crippen LogP contribution in [0.25, 0.3) is 5.57 Å². The molecular formula is C65H113FN2O3. The van der Waals surface area contributed by atoms with Crippen molar-refractivity contribution in [1.82, 2.24) is 5.32 Å². The highest BCUT2D eigenvalue weighted by Gasteiger charge is 2.41. The number of aryl methyl sites for hydroxylation is 1. The molecule has 2 rings (SSSR count). The summed E-state index contributed by atoms with van der Waals surface area (Å²) in [5.74, 6) is 2.87. The molecule has 71 heavy (non-hydrogen) atoms. The molecule has 1 aromatic rings. The number of benzene rings is 1. The topological polar surface area (TPSA) is 67.8 Å². The van der Waals surface area contributed by atoms with Crippen molar-refractivity contribution in [3.63, 3.8) is 0 Å². The number of aliphatic imine (C=N–C) groups is 1. The number of rotatable bonds is 23. The molecule has 1 aromatic carbocycles. The molecule has 5 nitrogen and oxygen atoms in total. The Morgan fingerprint density at radius 2 is 1.39 bits per heavy atom. The van der Waals surface area contributed by atoms with Crippen LogP contribution in [0, 0.1) is 41.9 Å². The van der Waals surface area contributed by atoms with Crippen LogP contribution >= 0.6 is 0 Å². The largest absolute Gasteiger partial charge is 0.460 e. The maximum absolute atomic E-state index is 14.4. The van der Waals surface area contributed by atoms with Crippen molar-refractivity contribution in [2.45, 2.75) is 254 Å². The third-order valence-electron chi connectivity index (χ3n) is 13.3. The molecule has 0 amide bonds. The number of nitrogens with zero attached hydrogens (tertiary/aromatic N) is 1. The molecule has 0 spiro atoms. The van der Waals surface area contributed by atoms with Gasteiger partial charge in [0.1, 0.15) is 17.2 Å². The van der Waals surface area contributed by atoms with Gasteiger partial charge in [-0.05, 0) is 163 Å². The zero-order chi connectivity index (χ0) is 55.7. The van der Waals surface area contributed by atoms with Crippen LogP contribution in [-0.2, 0) is 19.7 Å². The van der Waals surface area contributed by atoms with Crippen LogP contribution in [-0.4, -0.2) is 23.6 Å². The van der Waals surface area contributed by atoms with Crippen LogP contribution in [0.3, 0.4) is 0 Å². The smallest absolute Gasteiger partial charge is 0.309 e. The minimum atomic E-state index is -0.462. The first-order valence-corrected chi connectivity index (χ1v) is 27.9. The van der Waals surface area contributed by atoms with Gasteiger partial charge in [-0.2, -0.15) is 0 Å². The molecule has 408 valence electrons. The van der Waals surface area contributed by atoms with Gasteiger partial charge in [0.25, 0.3) is 0 Å². The van der Waals surface area contributed by atoms with E-state index < -0.39 is 11.2 Å². The molecule has 1 saturated carbocycles. The van der Waals surface area contributed by atoms with Crippen molar-refractivity contribution >= 4 is 23.5 Å². The Hall–Kier alpha value is -3.80. The van der Waals surface area contributed by atoms with Crippen molar-refractivity contribution in [2.75, 3.05) is 0 Å². The molecule has 1 N–H and O–H groups in total. The number of esters is 1. The zero-order valence-corrected chi connectivity index (χ0v) is 50.7. The van der Waals surface area contributed by atoms with E-state index in [2.05, 4.69) is 134 Å². The summed E-state index contributed by atoms with van der Waals surface area (Å²) in [4.78, 5) is 29.7. The first-order valence-electron chi connectivity index (χ1n) is 27.9. The van der Waals surface area contributed by atoms with Crippen molar-refractivity contribution in [1.29, 1.82) is 0 Å². The van der Waals surface area contributed by atoms with Crippen LogP contribution in [0.4, 0.5) is 4.39 Å². The first-order chi connectivity index (χ1) is 33.0. The van der Waals surface area contributed by atoms with Gasteiger partial charge in [0.2, 0.25) is 0 Å². The average Bonchev–Trinajstić information content (AvgIpc) is 3.30. The first kappa shape index (κ1) is 71.5. The second kappa shape index (κ2) is 37.9. The Bertz CT molecular complexity index is 1820. The number of allylic oxidation sites excluding steroid dienone is 8. The van der Waals surface area contributed by atoms with Gasteiger partial charge in [0.15, 0.2) is 0 Å². The molecule has 1 aliphatic rings. The van der Waals surface area contributed by atoms with Crippen LogP contribution in [0.5, 0.6) is 0 Å². The van der Waals surface area contributed by atoms with Crippen LogP contribution in [0.1, 0.15) is 252 Å². The number of carbonyl (C=O) groups excluding carboxylic acids is 2. The van der Waals surface area contributed by atoms with Crippen LogP contribution in [0.15, 0.2) is 89.1 Å². The summed E-state index contributed by atoms with van der Waals surface area (Å²) in [5, 5.41) is 3.17. The Balaban J connectivity index is -0.00000122. The minimum Gasteiger partial charge on any atom is -0.460 e. The summed E-state index contributed by atoms with van der Waals surface area (Å²) in [6, 6.07) is 6.38. The molecule has 0 aliphatic heterocycles. The highest BCUT2D eigenvalue weighted by Crippen LogP contribution is 2.41. The number of carbonyl (C=O) groups is 2. The number of Topliss-reactive ketones (excluding diaryl/α,β-unsaturated/α-hetero) is 1. The monoisotopic (exact) mass is 989 g/mol. The SMILES string of the molecule is C=C/C(F)=C(\C=C/C)N/C(C)=C(C)/C(=C\C(=C)c1ccc(C(CCC)(CCC)C(=O)C(C)CC)c(C)c1)N=CCC.CC(C)C.CCC(C)(C)CC.CCC(C)C(=O)OC(C)(C)C.CCCC1CC(C)C1. The van der Waals surface area contributed by atoms with E-state index in [1.807, 2.05) is 74.6 Å². The van der Waals surface area contributed by atoms with Gasteiger partial charge in [-0.25, -0.2) is 4.39 Å². The van der Waals surface area contributed by atoms with Gasteiger partial charge in [0, 0.05) is 17.8 Å². The average molecular weight is 990 g/mol. The Labute approximate surface area is 440 Å².